The number of amides is 4. The van der Waals surface area contributed by atoms with E-state index in [1.54, 1.807) is 0 Å². The van der Waals surface area contributed by atoms with Crippen molar-refractivity contribution < 1.29 is 36.8 Å². The topological polar surface area (TPSA) is 75.3 Å². The zero-order valence-electron chi connectivity index (χ0n) is 4.73. The summed E-state index contributed by atoms with van der Waals surface area (Å²) in [5, 5.41) is 3.80. The van der Waals surface area contributed by atoms with Crippen LogP contribution in [0.15, 0.2) is 0 Å². The third kappa shape index (κ3) is 2.30. The predicted molar refractivity (Wildman–Crippen MR) is 26.3 cm³/mol. The average Bonchev–Trinajstić information content (AvgIpc) is 1.59. The molecule has 1 heterocycles. The number of nitrogens with one attached hydrogen (secondary N) is 2. The molecule has 0 aliphatic carbocycles. The monoisotopic (exact) mass is 235 g/mol. The number of hydrogen-bond donors (Lipinski definition) is 2. The van der Waals surface area contributed by atoms with E-state index in [-0.39, 0.29) is 28.8 Å². The zero-order valence-corrected chi connectivity index (χ0v) is 6.22. The van der Waals surface area contributed by atoms with Gasteiger partial charge >= 0.3 is 28.4 Å². The Morgan fingerprint density at radius 1 is 1.00 bits per heavy atom. The molecule has 0 saturated carbocycles. The Balaban J connectivity index is 0.000000810. The molecular weight excluding hydrogens is 232 g/mol. The molecule has 0 bridgehead atoms. The van der Waals surface area contributed by atoms with Crippen LogP contribution < -0.4 is 10.6 Å². The second-order valence-corrected chi connectivity index (χ2v) is 1.60. The summed E-state index contributed by atoms with van der Waals surface area (Å²) in [4.78, 5) is 30.8. The second kappa shape index (κ2) is 3.50. The largest absolute Gasteiger partial charge is 1.00 e. The molecule has 1 aliphatic rings. The molecule has 2 N–H and O–H groups in total. The Labute approximate surface area is 72.0 Å². The summed E-state index contributed by atoms with van der Waals surface area (Å²) in [5.74, 6) is -1.10. The van der Waals surface area contributed by atoms with E-state index >= 15 is 0 Å². The molecule has 4 amide bonds. The second-order valence-electron chi connectivity index (χ2n) is 1.60. The van der Waals surface area contributed by atoms with E-state index in [9.17, 15) is 14.4 Å². The minimum absolute atomic E-state index is 0. The molecule has 0 aromatic carbocycles. The third-order valence-corrected chi connectivity index (χ3v) is 0.827. The van der Waals surface area contributed by atoms with E-state index in [1.165, 1.54) is 0 Å². The summed E-state index contributed by atoms with van der Waals surface area (Å²) in [6.07, 6.45) is -0.258. The van der Waals surface area contributed by atoms with E-state index in [0.29, 0.717) is 0 Å². The zero-order chi connectivity index (χ0) is 6.85. The van der Waals surface area contributed by atoms with Crippen LogP contribution in [0.1, 0.15) is 6.42 Å². The van der Waals surface area contributed by atoms with E-state index in [0.717, 1.165) is 0 Å². The SMILES string of the molecule is O=C1CC(=O)NC(=O)N1.[Ag+]. The molecule has 58 valence electrons. The van der Waals surface area contributed by atoms with Crippen molar-refractivity contribution in [1.29, 1.82) is 0 Å². The molecule has 0 aromatic rings. The van der Waals surface area contributed by atoms with Crippen LogP contribution in [0.5, 0.6) is 0 Å². The van der Waals surface area contributed by atoms with Crippen molar-refractivity contribution in [2.75, 3.05) is 0 Å². The van der Waals surface area contributed by atoms with E-state index < -0.39 is 17.8 Å². The predicted octanol–water partition coefficient (Wildman–Crippen LogP) is -1.26. The number of carbonyl (C=O) groups is 3. The Morgan fingerprint density at radius 2 is 1.40 bits per heavy atom. The van der Waals surface area contributed by atoms with Gasteiger partial charge in [0.1, 0.15) is 6.42 Å². The van der Waals surface area contributed by atoms with Crippen LogP contribution in [0.2, 0.25) is 0 Å². The molecule has 1 fully saturated rings. The van der Waals surface area contributed by atoms with Crippen LogP contribution >= 0.6 is 0 Å². The molecule has 0 unspecified atom stereocenters. The van der Waals surface area contributed by atoms with Crippen LogP contribution in [-0.2, 0) is 32.0 Å². The van der Waals surface area contributed by atoms with Crippen molar-refractivity contribution in [1.82, 2.24) is 10.6 Å². The fourth-order valence-electron chi connectivity index (χ4n) is 0.519. The summed E-state index contributed by atoms with van der Waals surface area (Å²) in [5.41, 5.74) is 0. The fourth-order valence-corrected chi connectivity index (χ4v) is 0.519. The van der Waals surface area contributed by atoms with Gasteiger partial charge < -0.3 is 0 Å². The maximum atomic E-state index is 10.3. The molecular formula is C4H4AgN2O3+. The van der Waals surface area contributed by atoms with E-state index in [2.05, 4.69) is 0 Å². The van der Waals surface area contributed by atoms with Gasteiger partial charge in [-0.2, -0.15) is 0 Å². The van der Waals surface area contributed by atoms with Crippen LogP contribution in [0.25, 0.3) is 0 Å². The smallest absolute Gasteiger partial charge is 0.277 e. The first-order chi connectivity index (χ1) is 4.18. The number of rotatable bonds is 0. The van der Waals surface area contributed by atoms with Gasteiger partial charge in [0, 0.05) is 0 Å². The van der Waals surface area contributed by atoms with Crippen molar-refractivity contribution in [2.45, 2.75) is 6.42 Å². The van der Waals surface area contributed by atoms with Gasteiger partial charge in [-0.25, -0.2) is 4.79 Å². The first-order valence-corrected chi connectivity index (χ1v) is 2.32. The number of hydrogen-bond acceptors (Lipinski definition) is 3. The molecule has 1 rings (SSSR count). The maximum Gasteiger partial charge on any atom is 1.00 e. The van der Waals surface area contributed by atoms with Crippen molar-refractivity contribution in [3.8, 4) is 0 Å². The summed E-state index contributed by atoms with van der Waals surface area (Å²) in [7, 11) is 0. The molecule has 1 saturated heterocycles. The Hall–Kier alpha value is -0.650. The van der Waals surface area contributed by atoms with Crippen LogP contribution in [0.3, 0.4) is 0 Å². The summed E-state index contributed by atoms with van der Waals surface area (Å²) >= 11 is 0. The molecule has 0 atom stereocenters. The van der Waals surface area contributed by atoms with Gasteiger partial charge in [0.2, 0.25) is 11.8 Å². The molecule has 0 spiro atoms. The third-order valence-electron chi connectivity index (χ3n) is 0.827. The minimum Gasteiger partial charge on any atom is -0.277 e. The van der Waals surface area contributed by atoms with Crippen LogP contribution in [0, 0.1) is 0 Å². The summed E-state index contributed by atoms with van der Waals surface area (Å²) in [6, 6.07) is -0.740. The van der Waals surface area contributed by atoms with Gasteiger partial charge in [-0.15, -0.1) is 0 Å². The van der Waals surface area contributed by atoms with Crippen LogP contribution in [0.4, 0.5) is 4.79 Å². The standard InChI is InChI=1S/C4H4N2O3.Ag/c7-2-1-3(8)6-4(9)5-2;/h1H2,(H2,5,6,7,8,9);/q;+1. The quantitative estimate of drug-likeness (QED) is 0.407. The van der Waals surface area contributed by atoms with Gasteiger partial charge in [0.15, 0.2) is 0 Å². The molecule has 5 nitrogen and oxygen atoms in total. The Morgan fingerprint density at radius 3 is 1.70 bits per heavy atom. The minimum atomic E-state index is -0.740. The number of barbiturate groups is 1. The van der Waals surface area contributed by atoms with Gasteiger partial charge in [-0.05, 0) is 0 Å². The molecule has 10 heavy (non-hydrogen) atoms. The number of carbonyl (C=O) groups excluding carboxylic acids is 3. The van der Waals surface area contributed by atoms with Gasteiger partial charge in [0.05, 0.1) is 0 Å². The Bertz CT molecular complexity index is 146. The average molecular weight is 236 g/mol. The number of imide groups is 2. The molecule has 0 radical (unpaired) electrons. The van der Waals surface area contributed by atoms with Crippen molar-refractivity contribution >= 4 is 17.8 Å². The summed E-state index contributed by atoms with van der Waals surface area (Å²) < 4.78 is 0. The fraction of sp³-hybridized carbons (Fsp3) is 0.250. The van der Waals surface area contributed by atoms with Crippen LogP contribution in [-0.4, -0.2) is 17.8 Å². The molecule has 0 aromatic heterocycles. The van der Waals surface area contributed by atoms with Crippen molar-refractivity contribution in [3.05, 3.63) is 0 Å². The van der Waals surface area contributed by atoms with Crippen molar-refractivity contribution in [3.63, 3.8) is 0 Å². The van der Waals surface area contributed by atoms with Crippen molar-refractivity contribution in [2.24, 2.45) is 0 Å². The molecule has 1 aliphatic heterocycles. The van der Waals surface area contributed by atoms with Gasteiger partial charge in [0.25, 0.3) is 0 Å². The Kier molecular flexibility index (Phi) is 3.27. The number of urea groups is 1. The van der Waals surface area contributed by atoms with Gasteiger partial charge in [-0.3, -0.25) is 20.2 Å². The normalized spacial score (nSPS) is 17.0. The van der Waals surface area contributed by atoms with E-state index in [4.69, 9.17) is 0 Å². The first-order valence-electron chi connectivity index (χ1n) is 2.32. The first kappa shape index (κ1) is 9.35. The van der Waals surface area contributed by atoms with Gasteiger partial charge in [-0.1, -0.05) is 0 Å². The maximum absolute atomic E-state index is 10.3. The van der Waals surface area contributed by atoms with E-state index in [1.807, 2.05) is 10.6 Å². The molecule has 6 heteroatoms. The summed E-state index contributed by atoms with van der Waals surface area (Å²) in [6.45, 7) is 0.